The Morgan fingerprint density at radius 1 is 1.29 bits per heavy atom. The molecule has 1 aromatic carbocycles. The van der Waals surface area contributed by atoms with Crippen molar-refractivity contribution in [2.24, 2.45) is 5.41 Å². The minimum atomic E-state index is -0.212. The zero-order valence-electron chi connectivity index (χ0n) is 16.5. The highest BCUT2D eigenvalue weighted by molar-refractivity contribution is 6.06. The van der Waals surface area contributed by atoms with Crippen LogP contribution in [0.5, 0.6) is 5.75 Å². The number of aromatic nitrogens is 2. The Balaban J connectivity index is 1.69. The SMILES string of the molecule is CC(C)(C)Cc1noc2nc(C3CC3)cc(C(=O)NCc3ccccc3O)c12. The summed E-state index contributed by atoms with van der Waals surface area (Å²) in [5, 5.41) is 17.8. The van der Waals surface area contributed by atoms with Crippen molar-refractivity contribution < 1.29 is 14.4 Å². The van der Waals surface area contributed by atoms with E-state index in [-0.39, 0.29) is 23.6 Å². The second-order valence-corrected chi connectivity index (χ2v) is 8.73. The van der Waals surface area contributed by atoms with Crippen LogP contribution in [0.1, 0.15) is 66.8 Å². The van der Waals surface area contributed by atoms with Gasteiger partial charge in [-0.25, -0.2) is 4.98 Å². The largest absolute Gasteiger partial charge is 0.508 e. The molecule has 1 fully saturated rings. The molecule has 28 heavy (non-hydrogen) atoms. The summed E-state index contributed by atoms with van der Waals surface area (Å²) in [5.74, 6) is 0.348. The highest BCUT2D eigenvalue weighted by Crippen LogP contribution is 2.41. The van der Waals surface area contributed by atoms with Crippen LogP contribution in [0.2, 0.25) is 0 Å². The van der Waals surface area contributed by atoms with Gasteiger partial charge >= 0.3 is 0 Å². The van der Waals surface area contributed by atoms with Crippen molar-refractivity contribution in [1.82, 2.24) is 15.5 Å². The summed E-state index contributed by atoms with van der Waals surface area (Å²) in [6.07, 6.45) is 2.85. The lowest BCUT2D eigenvalue weighted by Gasteiger charge is -2.16. The fourth-order valence-corrected chi connectivity index (χ4v) is 3.35. The molecule has 0 unspecified atom stereocenters. The van der Waals surface area contributed by atoms with Crippen molar-refractivity contribution in [1.29, 1.82) is 0 Å². The number of hydrogen-bond donors (Lipinski definition) is 2. The third-order valence-corrected chi connectivity index (χ3v) is 4.91. The zero-order chi connectivity index (χ0) is 19.9. The first kappa shape index (κ1) is 18.5. The summed E-state index contributed by atoms with van der Waals surface area (Å²) < 4.78 is 5.51. The maximum atomic E-state index is 13.1. The van der Waals surface area contributed by atoms with E-state index >= 15 is 0 Å². The van der Waals surface area contributed by atoms with Crippen LogP contribution < -0.4 is 5.32 Å². The molecule has 3 aromatic rings. The lowest BCUT2D eigenvalue weighted by molar-refractivity contribution is 0.0952. The summed E-state index contributed by atoms with van der Waals surface area (Å²) in [4.78, 5) is 17.7. The van der Waals surface area contributed by atoms with Crippen LogP contribution in [0.3, 0.4) is 0 Å². The lowest BCUT2D eigenvalue weighted by atomic mass is 9.89. The lowest BCUT2D eigenvalue weighted by Crippen LogP contribution is -2.23. The average Bonchev–Trinajstić information content (AvgIpc) is 3.42. The summed E-state index contributed by atoms with van der Waals surface area (Å²) in [6, 6.07) is 8.86. The van der Waals surface area contributed by atoms with Gasteiger partial charge in [-0.15, -0.1) is 0 Å². The molecule has 4 rings (SSSR count). The van der Waals surface area contributed by atoms with Crippen LogP contribution in [0, 0.1) is 5.41 Å². The topological polar surface area (TPSA) is 88.2 Å². The molecular weight excluding hydrogens is 354 g/mol. The Bertz CT molecular complexity index is 1030. The van der Waals surface area contributed by atoms with Gasteiger partial charge < -0.3 is 14.9 Å². The number of nitrogens with zero attached hydrogens (tertiary/aromatic N) is 2. The number of nitrogens with one attached hydrogen (secondary N) is 1. The number of carbonyl (C=O) groups excluding carboxylic acids is 1. The standard InChI is InChI=1S/C22H25N3O3/c1-22(2,3)11-17-19-15(10-16(13-8-9-13)24-21(19)28-25-17)20(27)23-12-14-6-4-5-7-18(14)26/h4-7,10,13,26H,8-9,11-12H2,1-3H3,(H,23,27). The van der Waals surface area contributed by atoms with Gasteiger partial charge in [0.1, 0.15) is 5.75 Å². The maximum absolute atomic E-state index is 13.1. The van der Waals surface area contributed by atoms with Crippen molar-refractivity contribution in [3.05, 3.63) is 52.8 Å². The van der Waals surface area contributed by atoms with E-state index in [0.29, 0.717) is 34.6 Å². The fourth-order valence-electron chi connectivity index (χ4n) is 3.35. The molecule has 6 nitrogen and oxygen atoms in total. The first-order valence-corrected chi connectivity index (χ1v) is 9.66. The monoisotopic (exact) mass is 379 g/mol. The number of benzene rings is 1. The Morgan fingerprint density at radius 3 is 2.71 bits per heavy atom. The van der Waals surface area contributed by atoms with Gasteiger partial charge in [0.05, 0.1) is 16.6 Å². The van der Waals surface area contributed by atoms with Gasteiger partial charge in [0.15, 0.2) is 0 Å². The normalized spacial score (nSPS) is 14.4. The number of fused-ring (bicyclic) bond motifs is 1. The number of rotatable bonds is 5. The molecule has 2 aromatic heterocycles. The Hall–Kier alpha value is -2.89. The number of pyridine rings is 1. The van der Waals surface area contributed by atoms with E-state index in [9.17, 15) is 9.90 Å². The van der Waals surface area contributed by atoms with E-state index in [4.69, 9.17) is 4.52 Å². The Labute approximate surface area is 164 Å². The average molecular weight is 379 g/mol. The van der Waals surface area contributed by atoms with Crippen LogP contribution in [-0.4, -0.2) is 21.2 Å². The second-order valence-electron chi connectivity index (χ2n) is 8.73. The van der Waals surface area contributed by atoms with E-state index in [2.05, 4.69) is 36.2 Å². The number of carbonyl (C=O) groups is 1. The van der Waals surface area contributed by atoms with Crippen LogP contribution in [0.4, 0.5) is 0 Å². The quantitative estimate of drug-likeness (QED) is 0.689. The van der Waals surface area contributed by atoms with Gasteiger partial charge in [0.2, 0.25) is 0 Å². The predicted molar refractivity (Wildman–Crippen MR) is 106 cm³/mol. The third kappa shape index (κ3) is 3.86. The molecule has 2 heterocycles. The fraction of sp³-hybridized carbons (Fsp3) is 0.409. The zero-order valence-corrected chi connectivity index (χ0v) is 16.5. The Morgan fingerprint density at radius 2 is 2.04 bits per heavy atom. The smallest absolute Gasteiger partial charge is 0.259 e. The van der Waals surface area contributed by atoms with E-state index in [1.807, 2.05) is 12.1 Å². The highest BCUT2D eigenvalue weighted by atomic mass is 16.5. The maximum Gasteiger partial charge on any atom is 0.259 e. The summed E-state index contributed by atoms with van der Waals surface area (Å²) in [6.45, 7) is 6.61. The van der Waals surface area contributed by atoms with Crippen molar-refractivity contribution in [3.8, 4) is 5.75 Å². The first-order chi connectivity index (χ1) is 13.3. The molecule has 146 valence electrons. The van der Waals surface area contributed by atoms with Gasteiger partial charge in [-0.05, 0) is 36.8 Å². The van der Waals surface area contributed by atoms with Gasteiger partial charge in [-0.2, -0.15) is 0 Å². The van der Waals surface area contributed by atoms with Crippen molar-refractivity contribution in [2.75, 3.05) is 0 Å². The number of amides is 1. The van der Waals surface area contributed by atoms with E-state index < -0.39 is 0 Å². The number of hydrogen-bond acceptors (Lipinski definition) is 5. The van der Waals surface area contributed by atoms with Crippen molar-refractivity contribution >= 4 is 17.0 Å². The van der Waals surface area contributed by atoms with Gasteiger partial charge in [0.25, 0.3) is 11.6 Å². The number of phenols is 1. The number of phenolic OH excluding ortho intramolecular Hbond substituents is 1. The summed E-state index contributed by atoms with van der Waals surface area (Å²) in [7, 11) is 0. The second kappa shape index (κ2) is 6.93. The van der Waals surface area contributed by atoms with Crippen molar-refractivity contribution in [2.45, 2.75) is 52.5 Å². The molecule has 0 atom stereocenters. The van der Waals surface area contributed by atoms with Crippen molar-refractivity contribution in [3.63, 3.8) is 0 Å². The molecule has 1 aliphatic rings. The van der Waals surface area contributed by atoms with Gasteiger partial charge in [0, 0.05) is 23.7 Å². The van der Waals surface area contributed by atoms with Crippen LogP contribution in [0.25, 0.3) is 11.1 Å². The Kier molecular flexibility index (Phi) is 4.57. The molecular formula is C22H25N3O3. The van der Waals surface area contributed by atoms with Gasteiger partial charge in [-0.3, -0.25) is 4.79 Å². The minimum absolute atomic E-state index is 0.00252. The molecule has 0 aliphatic heterocycles. The first-order valence-electron chi connectivity index (χ1n) is 9.66. The van der Waals surface area contributed by atoms with Crippen LogP contribution in [0.15, 0.2) is 34.9 Å². The molecule has 0 radical (unpaired) electrons. The van der Waals surface area contributed by atoms with E-state index in [1.165, 1.54) is 0 Å². The third-order valence-electron chi connectivity index (χ3n) is 4.91. The molecule has 6 heteroatoms. The minimum Gasteiger partial charge on any atom is -0.508 e. The summed E-state index contributed by atoms with van der Waals surface area (Å²) in [5.41, 5.74) is 3.29. The molecule has 0 saturated heterocycles. The van der Waals surface area contributed by atoms with Crippen LogP contribution in [-0.2, 0) is 13.0 Å². The van der Waals surface area contributed by atoms with E-state index in [1.54, 1.807) is 18.2 Å². The predicted octanol–water partition coefficient (Wildman–Crippen LogP) is 4.32. The van der Waals surface area contributed by atoms with Gasteiger partial charge in [-0.1, -0.05) is 44.1 Å². The number of para-hydroxylation sites is 1. The molecule has 1 amide bonds. The highest BCUT2D eigenvalue weighted by Gasteiger charge is 2.30. The summed E-state index contributed by atoms with van der Waals surface area (Å²) >= 11 is 0. The molecule has 1 aliphatic carbocycles. The van der Waals surface area contributed by atoms with Crippen LogP contribution >= 0.6 is 0 Å². The molecule has 2 N–H and O–H groups in total. The molecule has 0 spiro atoms. The molecule has 0 bridgehead atoms. The van der Waals surface area contributed by atoms with E-state index in [0.717, 1.165) is 24.2 Å². The molecule has 1 saturated carbocycles. The number of aromatic hydroxyl groups is 1.